The third kappa shape index (κ3) is 4.60. The molecule has 0 N–H and O–H groups in total. The second-order valence-corrected chi connectivity index (χ2v) is 6.29. The van der Waals surface area contributed by atoms with Gasteiger partial charge in [-0.05, 0) is 48.1 Å². The van der Waals surface area contributed by atoms with Crippen molar-refractivity contribution < 1.29 is 9.57 Å². The molecular formula is C21H24NO2. The highest BCUT2D eigenvalue weighted by Crippen LogP contribution is 2.32. The van der Waals surface area contributed by atoms with E-state index in [2.05, 4.69) is 29.6 Å². The highest BCUT2D eigenvalue weighted by atomic mass is 16.6. The second-order valence-electron chi connectivity index (χ2n) is 6.29. The fourth-order valence-electron chi connectivity index (χ4n) is 3.25. The molecule has 0 atom stereocenters. The number of hydrogen-bond acceptors (Lipinski definition) is 3. The summed E-state index contributed by atoms with van der Waals surface area (Å²) in [6.45, 7) is 0.409. The number of methoxy groups -OCH3 is 1. The number of benzene rings is 2. The Morgan fingerprint density at radius 2 is 1.88 bits per heavy atom. The molecule has 0 aliphatic heterocycles. The van der Waals surface area contributed by atoms with Crippen LogP contribution < -0.4 is 4.74 Å². The number of rotatable bonds is 6. The lowest BCUT2D eigenvalue weighted by Crippen LogP contribution is -2.04. The van der Waals surface area contributed by atoms with Crippen molar-refractivity contribution in [2.75, 3.05) is 7.11 Å². The highest BCUT2D eigenvalue weighted by molar-refractivity contribution is 5.79. The number of hydrogen-bond donors (Lipinski definition) is 0. The van der Waals surface area contributed by atoms with Gasteiger partial charge >= 0.3 is 0 Å². The summed E-state index contributed by atoms with van der Waals surface area (Å²) < 4.78 is 5.20. The van der Waals surface area contributed by atoms with Crippen LogP contribution in [-0.4, -0.2) is 13.3 Å². The van der Waals surface area contributed by atoms with Gasteiger partial charge in [0, 0.05) is 5.56 Å². The lowest BCUT2D eigenvalue weighted by Gasteiger charge is -2.22. The van der Waals surface area contributed by atoms with Crippen molar-refractivity contribution in [2.24, 2.45) is 5.16 Å². The van der Waals surface area contributed by atoms with Crippen molar-refractivity contribution >= 4 is 6.21 Å². The van der Waals surface area contributed by atoms with Crippen molar-refractivity contribution in [3.63, 3.8) is 0 Å². The van der Waals surface area contributed by atoms with Gasteiger partial charge in [0.1, 0.15) is 18.6 Å². The molecule has 0 heterocycles. The predicted molar refractivity (Wildman–Crippen MR) is 96.6 cm³/mol. The van der Waals surface area contributed by atoms with Gasteiger partial charge in [-0.25, -0.2) is 0 Å². The molecule has 1 radical (unpaired) electrons. The van der Waals surface area contributed by atoms with Crippen molar-refractivity contribution in [1.82, 2.24) is 0 Å². The van der Waals surface area contributed by atoms with E-state index < -0.39 is 0 Å². The minimum absolute atomic E-state index is 0.409. The molecule has 3 rings (SSSR count). The standard InChI is InChI=1S/C21H24NO2/c1-23-21-12-6-8-18(14-21)16-24-22-15-17-7-5-11-20(13-17)19-9-3-2-4-10-19/h5-8,11-14,19H,2-4,9-10,16H2,1H3. The van der Waals surface area contributed by atoms with E-state index >= 15 is 0 Å². The molecule has 0 bridgehead atoms. The molecule has 2 aromatic rings. The van der Waals surface area contributed by atoms with Crippen LogP contribution in [0.1, 0.15) is 54.7 Å². The third-order valence-electron chi connectivity index (χ3n) is 4.57. The minimum Gasteiger partial charge on any atom is -0.497 e. The SMILES string of the molecule is COc1cccc(CO/N=[C]\c2cccc(C3CCCCC3)c2)c1. The average Bonchev–Trinajstić information content (AvgIpc) is 2.66. The first-order valence-corrected chi connectivity index (χ1v) is 8.66. The molecule has 1 fully saturated rings. The minimum atomic E-state index is 0.409. The Morgan fingerprint density at radius 1 is 1.04 bits per heavy atom. The Labute approximate surface area is 144 Å². The fourth-order valence-corrected chi connectivity index (χ4v) is 3.25. The van der Waals surface area contributed by atoms with Crippen LogP contribution in [0.2, 0.25) is 0 Å². The average molecular weight is 322 g/mol. The molecule has 0 saturated heterocycles. The van der Waals surface area contributed by atoms with E-state index in [9.17, 15) is 0 Å². The van der Waals surface area contributed by atoms with Crippen molar-refractivity contribution in [3.05, 3.63) is 65.2 Å². The van der Waals surface area contributed by atoms with E-state index in [-0.39, 0.29) is 0 Å². The third-order valence-corrected chi connectivity index (χ3v) is 4.57. The molecule has 125 valence electrons. The van der Waals surface area contributed by atoms with Crippen LogP contribution in [0.5, 0.6) is 5.75 Å². The summed E-state index contributed by atoms with van der Waals surface area (Å²) >= 11 is 0. The molecule has 24 heavy (non-hydrogen) atoms. The van der Waals surface area contributed by atoms with Crippen LogP contribution >= 0.6 is 0 Å². The van der Waals surface area contributed by atoms with Crippen LogP contribution in [0.15, 0.2) is 53.7 Å². The summed E-state index contributed by atoms with van der Waals surface area (Å²) in [6.07, 6.45) is 9.66. The molecule has 1 saturated carbocycles. The quantitative estimate of drug-likeness (QED) is 0.542. The molecule has 3 heteroatoms. The van der Waals surface area contributed by atoms with Crippen molar-refractivity contribution in [3.8, 4) is 5.75 Å². The molecule has 0 aromatic heterocycles. The molecule has 0 spiro atoms. The van der Waals surface area contributed by atoms with Gasteiger partial charge in [0.15, 0.2) is 0 Å². The molecule has 2 aromatic carbocycles. The summed E-state index contributed by atoms with van der Waals surface area (Å²) in [4.78, 5) is 5.37. The molecule has 1 aliphatic rings. The first kappa shape index (κ1) is 16.6. The zero-order valence-corrected chi connectivity index (χ0v) is 14.2. The van der Waals surface area contributed by atoms with E-state index in [1.54, 1.807) is 7.11 Å². The Morgan fingerprint density at radius 3 is 2.71 bits per heavy atom. The Bertz CT molecular complexity index is 675. The van der Waals surface area contributed by atoms with Crippen LogP contribution in [0.25, 0.3) is 0 Å². The zero-order chi connectivity index (χ0) is 16.6. The van der Waals surface area contributed by atoms with Gasteiger partial charge < -0.3 is 9.57 Å². The monoisotopic (exact) mass is 322 g/mol. The maximum absolute atomic E-state index is 5.37. The molecule has 3 nitrogen and oxygen atoms in total. The van der Waals surface area contributed by atoms with E-state index in [4.69, 9.17) is 9.57 Å². The largest absolute Gasteiger partial charge is 0.497 e. The van der Waals surface area contributed by atoms with Gasteiger partial charge in [0.05, 0.1) is 7.11 Å². The summed E-state index contributed by atoms with van der Waals surface area (Å²) in [5.74, 6) is 1.52. The first-order chi connectivity index (χ1) is 11.8. The zero-order valence-electron chi connectivity index (χ0n) is 14.2. The van der Waals surface area contributed by atoms with Crippen molar-refractivity contribution in [1.29, 1.82) is 0 Å². The highest BCUT2D eigenvalue weighted by Gasteiger charge is 2.15. The fraction of sp³-hybridized carbons (Fsp3) is 0.381. The lowest BCUT2D eigenvalue weighted by molar-refractivity contribution is 0.132. The molecule has 1 aliphatic carbocycles. The first-order valence-electron chi connectivity index (χ1n) is 8.66. The number of ether oxygens (including phenoxy) is 1. The van der Waals surface area contributed by atoms with Crippen molar-refractivity contribution in [2.45, 2.75) is 44.6 Å². The van der Waals surface area contributed by atoms with E-state index in [1.807, 2.05) is 30.3 Å². The molecule has 0 unspecified atom stereocenters. The van der Waals surface area contributed by atoms with Gasteiger partial charge in [-0.1, -0.05) is 54.8 Å². The second kappa shape index (κ2) is 8.53. The topological polar surface area (TPSA) is 30.8 Å². The normalized spacial score (nSPS) is 15.5. The number of nitrogens with zero attached hydrogens (tertiary/aromatic N) is 1. The summed E-state index contributed by atoms with van der Waals surface area (Å²) in [5.41, 5.74) is 3.40. The molecule has 0 amide bonds. The van der Waals surface area contributed by atoms with E-state index in [1.165, 1.54) is 37.7 Å². The Hall–Kier alpha value is -2.29. The lowest BCUT2D eigenvalue weighted by atomic mass is 9.84. The van der Waals surface area contributed by atoms with Crippen LogP contribution in [0.4, 0.5) is 0 Å². The van der Waals surface area contributed by atoms with Gasteiger partial charge in [0.25, 0.3) is 0 Å². The van der Waals surface area contributed by atoms with Gasteiger partial charge in [0.2, 0.25) is 0 Å². The van der Waals surface area contributed by atoms with Crippen LogP contribution in [-0.2, 0) is 11.4 Å². The molecular weight excluding hydrogens is 298 g/mol. The summed E-state index contributed by atoms with van der Waals surface area (Å²) in [5, 5.41) is 3.99. The predicted octanol–water partition coefficient (Wildman–Crippen LogP) is 5.17. The summed E-state index contributed by atoms with van der Waals surface area (Å²) in [6, 6.07) is 16.3. The maximum atomic E-state index is 5.37. The van der Waals surface area contributed by atoms with Crippen LogP contribution in [0.3, 0.4) is 0 Å². The van der Waals surface area contributed by atoms with Gasteiger partial charge in [-0.2, -0.15) is 0 Å². The van der Waals surface area contributed by atoms with Gasteiger partial charge in [-0.15, -0.1) is 0 Å². The Kier molecular flexibility index (Phi) is 5.89. The Balaban J connectivity index is 1.56. The maximum Gasteiger partial charge on any atom is 0.142 e. The van der Waals surface area contributed by atoms with Crippen LogP contribution in [0, 0.1) is 0 Å². The summed E-state index contributed by atoms with van der Waals surface area (Å²) in [7, 11) is 1.66. The van der Waals surface area contributed by atoms with E-state index in [0.717, 1.165) is 16.9 Å². The smallest absolute Gasteiger partial charge is 0.142 e. The van der Waals surface area contributed by atoms with E-state index in [0.29, 0.717) is 12.5 Å². The van der Waals surface area contributed by atoms with Gasteiger partial charge in [-0.3, -0.25) is 0 Å².